The maximum absolute atomic E-state index is 14.1. The van der Waals surface area contributed by atoms with Gasteiger partial charge in [0.25, 0.3) is 0 Å². The molecule has 0 aromatic heterocycles. The predicted molar refractivity (Wildman–Crippen MR) is 189 cm³/mol. The summed E-state index contributed by atoms with van der Waals surface area (Å²) in [5.41, 5.74) is 4.46. The fourth-order valence-corrected chi connectivity index (χ4v) is 6.98. The predicted octanol–water partition coefficient (Wildman–Crippen LogP) is 7.76. The molecule has 2 heterocycles. The van der Waals surface area contributed by atoms with Crippen molar-refractivity contribution in [1.82, 2.24) is 0 Å². The molecule has 5 N–H and O–H groups in total. The smallest absolute Gasteiger partial charge is 0.170 e. The molecular formula is C42H38O8. The fourth-order valence-electron chi connectivity index (χ4n) is 6.98. The van der Waals surface area contributed by atoms with Gasteiger partial charge in [-0.1, -0.05) is 78.9 Å². The second-order valence-corrected chi connectivity index (χ2v) is 13.0. The number of aliphatic hydroxyl groups excluding tert-OH is 1. The molecule has 2 aliphatic heterocycles. The van der Waals surface area contributed by atoms with E-state index in [2.05, 4.69) is 0 Å². The summed E-state index contributed by atoms with van der Waals surface area (Å²) < 4.78 is 13.4. The largest absolute Gasteiger partial charge is 0.508 e. The van der Waals surface area contributed by atoms with Crippen LogP contribution in [0.2, 0.25) is 0 Å². The average molecular weight is 671 g/mol. The van der Waals surface area contributed by atoms with E-state index in [9.17, 15) is 30.3 Å². The number of carbonyl (C=O) groups excluding carboxylic acids is 1. The quantitative estimate of drug-likeness (QED) is 0.100. The van der Waals surface area contributed by atoms with E-state index in [1.54, 1.807) is 48.5 Å². The maximum atomic E-state index is 14.1. The van der Waals surface area contributed by atoms with Gasteiger partial charge in [0, 0.05) is 29.9 Å². The van der Waals surface area contributed by atoms with E-state index in [0.29, 0.717) is 41.7 Å². The number of phenols is 4. The highest BCUT2D eigenvalue weighted by atomic mass is 16.5. The molecule has 8 heteroatoms. The lowest BCUT2D eigenvalue weighted by Crippen LogP contribution is -2.33. The SMILES string of the molecule is O=C(CCc1ccccc1)c1c(O)c2c(c3c1OC(c1ccc(O)cc1)C(C/C=C/c1ccc(O)cc1)C3)OC(c1ccc(O)cc1)C(O)C2. The third-order valence-electron chi connectivity index (χ3n) is 9.57. The highest BCUT2D eigenvalue weighted by molar-refractivity contribution is 6.03. The number of aliphatic hydroxyl groups is 1. The first-order chi connectivity index (χ1) is 24.2. The average Bonchev–Trinajstić information content (AvgIpc) is 3.13. The minimum atomic E-state index is -1.03. The molecule has 5 aromatic rings. The molecule has 8 nitrogen and oxygen atoms in total. The zero-order valence-electron chi connectivity index (χ0n) is 27.3. The van der Waals surface area contributed by atoms with E-state index in [-0.39, 0.29) is 58.9 Å². The summed E-state index contributed by atoms with van der Waals surface area (Å²) in [6.45, 7) is 0. The van der Waals surface area contributed by atoms with Gasteiger partial charge in [-0.05, 0) is 77.9 Å². The number of hydrogen-bond donors (Lipinski definition) is 5. The van der Waals surface area contributed by atoms with Crippen LogP contribution in [0.5, 0.6) is 34.5 Å². The molecule has 0 aliphatic carbocycles. The Morgan fingerprint density at radius 3 is 1.90 bits per heavy atom. The molecule has 4 unspecified atom stereocenters. The number of hydrogen-bond acceptors (Lipinski definition) is 8. The number of rotatable bonds is 9. The summed E-state index contributed by atoms with van der Waals surface area (Å²) in [5.74, 6) is 0.350. The van der Waals surface area contributed by atoms with Crippen molar-refractivity contribution in [2.24, 2.45) is 5.92 Å². The van der Waals surface area contributed by atoms with Crippen molar-refractivity contribution in [1.29, 1.82) is 0 Å². The van der Waals surface area contributed by atoms with Crippen molar-refractivity contribution >= 4 is 11.9 Å². The number of Topliss-reactive ketones (excluding diaryl/α,β-unsaturated/α-hetero) is 1. The number of fused-ring (bicyclic) bond motifs is 3. The lowest BCUT2D eigenvalue weighted by atomic mass is 9.80. The molecule has 254 valence electrons. The van der Waals surface area contributed by atoms with Gasteiger partial charge in [-0.25, -0.2) is 0 Å². The number of phenolic OH excluding ortho intramolecular Hbond substituents is 4. The third-order valence-corrected chi connectivity index (χ3v) is 9.57. The van der Waals surface area contributed by atoms with Gasteiger partial charge in [0.1, 0.15) is 52.3 Å². The lowest BCUT2D eigenvalue weighted by molar-refractivity contribution is 0.0169. The number of aromatic hydroxyl groups is 4. The van der Waals surface area contributed by atoms with E-state index in [0.717, 1.165) is 16.7 Å². The van der Waals surface area contributed by atoms with Crippen molar-refractivity contribution in [3.05, 3.63) is 148 Å². The van der Waals surface area contributed by atoms with Gasteiger partial charge in [-0.3, -0.25) is 4.79 Å². The number of allylic oxidation sites excluding steroid dienone is 1. The molecule has 0 radical (unpaired) electrons. The topological polar surface area (TPSA) is 137 Å². The van der Waals surface area contributed by atoms with E-state index >= 15 is 0 Å². The molecule has 0 fully saturated rings. The Kier molecular flexibility index (Phi) is 9.19. The molecule has 0 saturated heterocycles. The van der Waals surface area contributed by atoms with Gasteiger partial charge in [-0.15, -0.1) is 0 Å². The summed E-state index contributed by atoms with van der Waals surface area (Å²) in [6.07, 6.45) is 3.33. The molecule has 4 atom stereocenters. The maximum Gasteiger partial charge on any atom is 0.170 e. The van der Waals surface area contributed by atoms with Crippen LogP contribution in [-0.4, -0.2) is 37.4 Å². The normalized spacial score (nSPS) is 19.6. The van der Waals surface area contributed by atoms with Crippen molar-refractivity contribution in [2.45, 2.75) is 50.4 Å². The van der Waals surface area contributed by atoms with Crippen molar-refractivity contribution < 1.29 is 39.8 Å². The first-order valence-electron chi connectivity index (χ1n) is 16.8. The van der Waals surface area contributed by atoms with Crippen LogP contribution in [0.1, 0.15) is 68.8 Å². The lowest BCUT2D eigenvalue weighted by Gasteiger charge is -2.39. The molecule has 0 spiro atoms. The highest BCUT2D eigenvalue weighted by Gasteiger charge is 2.42. The Hall–Kier alpha value is -5.73. The molecule has 50 heavy (non-hydrogen) atoms. The van der Waals surface area contributed by atoms with Crippen LogP contribution >= 0.6 is 0 Å². The molecule has 2 aliphatic rings. The summed E-state index contributed by atoms with van der Waals surface area (Å²) in [4.78, 5) is 14.1. The zero-order valence-corrected chi connectivity index (χ0v) is 27.3. The van der Waals surface area contributed by atoms with Gasteiger partial charge in [0.05, 0.1) is 6.10 Å². The summed E-state index contributed by atoms with van der Waals surface area (Å²) in [7, 11) is 0. The van der Waals surface area contributed by atoms with Crippen LogP contribution in [0, 0.1) is 5.92 Å². The molecule has 0 amide bonds. The van der Waals surface area contributed by atoms with E-state index in [4.69, 9.17) is 9.47 Å². The number of benzene rings is 5. The van der Waals surface area contributed by atoms with Crippen LogP contribution < -0.4 is 9.47 Å². The van der Waals surface area contributed by atoms with E-state index in [1.165, 1.54) is 12.1 Å². The monoisotopic (exact) mass is 670 g/mol. The summed E-state index contributed by atoms with van der Waals surface area (Å²) in [5, 5.41) is 52.8. The standard InChI is InChI=1S/C42H38O8/c43-30-16-9-26(10-17-30)7-4-8-29-23-34-41-33(24-36(47)40(50-41)28-14-20-32(45)21-15-28)38(48)37(35(46)22-11-25-5-2-1-3-6-25)42(34)49-39(29)27-12-18-31(44)19-13-27/h1-7,9-10,12-21,29,36,39-40,43-45,47-48H,8,11,22-24H2/b7-4+. The summed E-state index contributed by atoms with van der Waals surface area (Å²) >= 11 is 0. The minimum Gasteiger partial charge on any atom is -0.508 e. The minimum absolute atomic E-state index is 0.0474. The van der Waals surface area contributed by atoms with E-state index in [1.807, 2.05) is 54.6 Å². The Labute approximate surface area is 290 Å². The van der Waals surface area contributed by atoms with Crippen molar-refractivity contribution in [3.8, 4) is 34.5 Å². The Morgan fingerprint density at radius 2 is 1.26 bits per heavy atom. The van der Waals surface area contributed by atoms with Crippen molar-refractivity contribution in [3.63, 3.8) is 0 Å². The number of ketones is 1. The second-order valence-electron chi connectivity index (χ2n) is 13.0. The van der Waals surface area contributed by atoms with Crippen molar-refractivity contribution in [2.75, 3.05) is 0 Å². The Morgan fingerprint density at radius 1 is 0.680 bits per heavy atom. The van der Waals surface area contributed by atoms with Gasteiger partial charge in [-0.2, -0.15) is 0 Å². The third kappa shape index (κ3) is 6.75. The Balaban J connectivity index is 1.32. The molecule has 0 bridgehead atoms. The van der Waals surface area contributed by atoms with Gasteiger partial charge in [0.15, 0.2) is 5.78 Å². The highest BCUT2D eigenvalue weighted by Crippen LogP contribution is 2.54. The zero-order chi connectivity index (χ0) is 34.8. The first kappa shape index (κ1) is 32.8. The molecule has 7 rings (SSSR count). The fraction of sp³-hybridized carbons (Fsp3) is 0.214. The van der Waals surface area contributed by atoms with Crippen LogP contribution in [0.15, 0.2) is 109 Å². The van der Waals surface area contributed by atoms with E-state index < -0.39 is 18.3 Å². The molecular weight excluding hydrogens is 632 g/mol. The Bertz CT molecular complexity index is 2000. The van der Waals surface area contributed by atoms with Crippen LogP contribution in [-0.2, 0) is 19.3 Å². The summed E-state index contributed by atoms with van der Waals surface area (Å²) in [6, 6.07) is 29.8. The first-order valence-corrected chi connectivity index (χ1v) is 16.8. The van der Waals surface area contributed by atoms with Crippen LogP contribution in [0.3, 0.4) is 0 Å². The van der Waals surface area contributed by atoms with Gasteiger partial charge >= 0.3 is 0 Å². The number of aryl methyl sites for hydroxylation is 1. The molecule has 0 saturated carbocycles. The molecule has 5 aromatic carbocycles. The number of ether oxygens (including phenoxy) is 2. The van der Waals surface area contributed by atoms with Crippen LogP contribution in [0.4, 0.5) is 0 Å². The van der Waals surface area contributed by atoms with Gasteiger partial charge < -0.3 is 35.0 Å². The van der Waals surface area contributed by atoms with Crippen LogP contribution in [0.25, 0.3) is 6.08 Å². The second kappa shape index (κ2) is 14.0. The van der Waals surface area contributed by atoms with Gasteiger partial charge in [0.2, 0.25) is 0 Å². The number of carbonyl (C=O) groups is 1.